The van der Waals surface area contributed by atoms with Crippen LogP contribution in [0.4, 0.5) is 10.2 Å². The fourth-order valence-electron chi connectivity index (χ4n) is 3.07. The number of anilines is 1. The van der Waals surface area contributed by atoms with E-state index in [1.165, 1.54) is 6.20 Å². The lowest BCUT2D eigenvalue weighted by Crippen LogP contribution is -2.17. The summed E-state index contributed by atoms with van der Waals surface area (Å²) < 4.78 is 14.6. The Hall–Kier alpha value is -3.52. The Morgan fingerprint density at radius 2 is 2.03 bits per heavy atom. The van der Waals surface area contributed by atoms with Gasteiger partial charge >= 0.3 is 0 Å². The number of amides is 1. The Balaban J connectivity index is 1.51. The number of aromatic amines is 1. The topological polar surface area (TPSA) is 95.6 Å². The Kier molecular flexibility index (Phi) is 5.58. The minimum atomic E-state index is -0.556. The van der Waals surface area contributed by atoms with Gasteiger partial charge in [0.05, 0.1) is 5.56 Å². The van der Waals surface area contributed by atoms with Crippen molar-refractivity contribution in [3.63, 3.8) is 0 Å². The molecule has 0 atom stereocenters. The van der Waals surface area contributed by atoms with E-state index in [1.54, 1.807) is 43.7 Å². The van der Waals surface area contributed by atoms with Crippen LogP contribution in [0.3, 0.4) is 0 Å². The third-order valence-electron chi connectivity index (χ3n) is 4.68. The van der Waals surface area contributed by atoms with Gasteiger partial charge in [0.2, 0.25) is 5.95 Å². The zero-order valence-electron chi connectivity index (χ0n) is 16.0. The van der Waals surface area contributed by atoms with Crippen LogP contribution in [0.15, 0.2) is 48.9 Å². The van der Waals surface area contributed by atoms with E-state index in [0.29, 0.717) is 40.7 Å². The highest BCUT2D eigenvalue weighted by Gasteiger charge is 2.13. The van der Waals surface area contributed by atoms with Gasteiger partial charge in [0.15, 0.2) is 0 Å². The molecule has 0 aliphatic heterocycles. The van der Waals surface area contributed by atoms with Crippen LogP contribution in [-0.4, -0.2) is 32.9 Å². The van der Waals surface area contributed by atoms with Crippen LogP contribution in [0.2, 0.25) is 5.15 Å². The van der Waals surface area contributed by atoms with Crippen LogP contribution >= 0.6 is 11.6 Å². The lowest BCUT2D eigenvalue weighted by atomic mass is 10.1. The zero-order chi connectivity index (χ0) is 21.1. The first-order valence-corrected chi connectivity index (χ1v) is 9.59. The second kappa shape index (κ2) is 8.46. The summed E-state index contributed by atoms with van der Waals surface area (Å²) in [6.45, 7) is 0.451. The normalized spacial score (nSPS) is 10.9. The summed E-state index contributed by atoms with van der Waals surface area (Å²) in [6, 6.07) is 8.70. The SMILES string of the molecule is CNC(=O)c1cnc2[nH]cc(Cc3ccc(NCc4ccc(Cl)nc4)nc3F)c2c1. The summed E-state index contributed by atoms with van der Waals surface area (Å²) in [5.74, 6) is -0.358. The number of halogens is 2. The molecule has 0 radical (unpaired) electrons. The van der Waals surface area contributed by atoms with Crippen molar-refractivity contribution in [3.05, 3.63) is 82.3 Å². The molecule has 3 N–H and O–H groups in total. The van der Waals surface area contributed by atoms with Gasteiger partial charge in [0.1, 0.15) is 16.6 Å². The van der Waals surface area contributed by atoms with E-state index in [1.807, 2.05) is 6.07 Å². The number of aromatic nitrogens is 4. The molecule has 0 bridgehead atoms. The minimum Gasteiger partial charge on any atom is -0.366 e. The average molecular weight is 425 g/mol. The van der Waals surface area contributed by atoms with Crippen molar-refractivity contribution in [2.45, 2.75) is 13.0 Å². The summed E-state index contributed by atoms with van der Waals surface area (Å²) in [6.07, 6.45) is 5.24. The van der Waals surface area contributed by atoms with Crippen LogP contribution in [0.5, 0.6) is 0 Å². The smallest absolute Gasteiger partial charge is 0.252 e. The van der Waals surface area contributed by atoms with Gasteiger partial charge in [-0.1, -0.05) is 23.7 Å². The predicted molar refractivity (Wildman–Crippen MR) is 113 cm³/mol. The second-order valence-electron chi connectivity index (χ2n) is 6.68. The number of nitrogens with one attached hydrogen (secondary N) is 3. The fourth-order valence-corrected chi connectivity index (χ4v) is 3.19. The summed E-state index contributed by atoms with van der Waals surface area (Å²) in [5.41, 5.74) is 3.27. The molecule has 0 spiro atoms. The molecule has 30 heavy (non-hydrogen) atoms. The number of hydrogen-bond donors (Lipinski definition) is 3. The zero-order valence-corrected chi connectivity index (χ0v) is 16.8. The van der Waals surface area contributed by atoms with Crippen molar-refractivity contribution in [2.24, 2.45) is 0 Å². The van der Waals surface area contributed by atoms with E-state index in [-0.39, 0.29) is 5.91 Å². The van der Waals surface area contributed by atoms with E-state index < -0.39 is 5.95 Å². The molecule has 152 valence electrons. The van der Waals surface area contributed by atoms with Crippen LogP contribution in [-0.2, 0) is 13.0 Å². The molecule has 4 aromatic rings. The van der Waals surface area contributed by atoms with Gasteiger partial charge in [-0.3, -0.25) is 4.79 Å². The van der Waals surface area contributed by atoms with Crippen LogP contribution in [0.1, 0.15) is 27.0 Å². The van der Waals surface area contributed by atoms with Crippen molar-refractivity contribution >= 4 is 34.4 Å². The van der Waals surface area contributed by atoms with Gasteiger partial charge in [-0.15, -0.1) is 0 Å². The molecule has 0 unspecified atom stereocenters. The number of fused-ring (bicyclic) bond motifs is 1. The third kappa shape index (κ3) is 4.23. The molecule has 0 aliphatic carbocycles. The van der Waals surface area contributed by atoms with Gasteiger partial charge < -0.3 is 15.6 Å². The van der Waals surface area contributed by atoms with Crippen molar-refractivity contribution in [1.82, 2.24) is 25.3 Å². The third-order valence-corrected chi connectivity index (χ3v) is 4.90. The number of carbonyl (C=O) groups excluding carboxylic acids is 1. The molecule has 1 amide bonds. The Labute approximate surface area is 176 Å². The monoisotopic (exact) mass is 424 g/mol. The molecule has 4 aromatic heterocycles. The van der Waals surface area contributed by atoms with Gasteiger partial charge in [0, 0.05) is 49.6 Å². The molecule has 4 rings (SSSR count). The van der Waals surface area contributed by atoms with Gasteiger partial charge in [-0.05, 0) is 29.3 Å². The number of pyridine rings is 3. The largest absolute Gasteiger partial charge is 0.366 e. The predicted octanol–water partition coefficient (Wildman–Crippen LogP) is 3.71. The summed E-state index contributed by atoms with van der Waals surface area (Å²) in [4.78, 5) is 27.2. The van der Waals surface area contributed by atoms with Crippen LogP contribution in [0.25, 0.3) is 11.0 Å². The van der Waals surface area contributed by atoms with Crippen molar-refractivity contribution in [3.8, 4) is 0 Å². The van der Waals surface area contributed by atoms with Gasteiger partial charge in [-0.25, -0.2) is 15.0 Å². The standard InChI is InChI=1S/C21H18ClFN6O/c1-24-21(30)15-7-16-14(10-27-20(16)28-11-15)6-13-3-5-18(29-19(13)23)26-9-12-2-4-17(22)25-8-12/h2-5,7-8,10-11H,6,9H2,1H3,(H,24,30)(H,26,29)(H,27,28). The molecule has 0 aliphatic rings. The maximum absolute atomic E-state index is 14.6. The molecule has 0 saturated heterocycles. The maximum atomic E-state index is 14.6. The molecule has 0 fully saturated rings. The highest BCUT2D eigenvalue weighted by atomic mass is 35.5. The van der Waals surface area contributed by atoms with E-state index in [0.717, 1.165) is 16.5 Å². The lowest BCUT2D eigenvalue weighted by Gasteiger charge is -2.08. The van der Waals surface area contributed by atoms with E-state index in [4.69, 9.17) is 11.6 Å². The Morgan fingerprint density at radius 1 is 1.17 bits per heavy atom. The summed E-state index contributed by atoms with van der Waals surface area (Å²) in [5, 5.41) is 6.83. The van der Waals surface area contributed by atoms with Crippen LogP contribution < -0.4 is 10.6 Å². The van der Waals surface area contributed by atoms with E-state index >= 15 is 0 Å². The Bertz CT molecular complexity index is 1210. The number of hydrogen-bond acceptors (Lipinski definition) is 5. The average Bonchev–Trinajstić information content (AvgIpc) is 3.16. The van der Waals surface area contributed by atoms with Crippen molar-refractivity contribution in [2.75, 3.05) is 12.4 Å². The highest BCUT2D eigenvalue weighted by molar-refractivity contribution is 6.29. The number of nitrogens with zero attached hydrogens (tertiary/aromatic N) is 3. The maximum Gasteiger partial charge on any atom is 0.252 e. The molecule has 7 nitrogen and oxygen atoms in total. The Morgan fingerprint density at radius 3 is 2.77 bits per heavy atom. The number of rotatable bonds is 6. The van der Waals surface area contributed by atoms with Crippen molar-refractivity contribution in [1.29, 1.82) is 0 Å². The first-order valence-electron chi connectivity index (χ1n) is 9.21. The van der Waals surface area contributed by atoms with Crippen molar-refractivity contribution < 1.29 is 9.18 Å². The molecule has 9 heteroatoms. The first-order chi connectivity index (χ1) is 14.5. The fraction of sp³-hybridized carbons (Fsp3) is 0.143. The first kappa shape index (κ1) is 19.8. The molecule has 0 aromatic carbocycles. The quantitative estimate of drug-likeness (QED) is 0.410. The lowest BCUT2D eigenvalue weighted by molar-refractivity contribution is 0.0963. The van der Waals surface area contributed by atoms with E-state index in [9.17, 15) is 9.18 Å². The highest BCUT2D eigenvalue weighted by Crippen LogP contribution is 2.22. The molecule has 4 heterocycles. The number of H-pyrrole nitrogens is 1. The number of carbonyl (C=O) groups is 1. The van der Waals surface area contributed by atoms with Gasteiger partial charge in [0.25, 0.3) is 5.91 Å². The molecular formula is C21H18ClFN6O. The molecular weight excluding hydrogens is 407 g/mol. The second-order valence-corrected chi connectivity index (χ2v) is 7.07. The van der Waals surface area contributed by atoms with Crippen LogP contribution in [0, 0.1) is 5.95 Å². The molecule has 0 saturated carbocycles. The minimum absolute atomic E-state index is 0.226. The summed E-state index contributed by atoms with van der Waals surface area (Å²) >= 11 is 5.77. The van der Waals surface area contributed by atoms with Gasteiger partial charge in [-0.2, -0.15) is 4.39 Å². The summed E-state index contributed by atoms with van der Waals surface area (Å²) in [7, 11) is 1.56. The van der Waals surface area contributed by atoms with E-state index in [2.05, 4.69) is 30.6 Å².